The Hall–Kier alpha value is -3.65. The minimum Gasteiger partial charge on any atom is -0.444 e. The third-order valence-corrected chi connectivity index (χ3v) is 7.55. The average Bonchev–Trinajstić information content (AvgIpc) is 3.54. The molecule has 0 spiro atoms. The molecule has 5 rings (SSSR count). The maximum absolute atomic E-state index is 14.3. The van der Waals surface area contributed by atoms with Crippen LogP contribution in [0.1, 0.15) is 62.1 Å². The highest BCUT2D eigenvalue weighted by atomic mass is 16.6. The summed E-state index contributed by atoms with van der Waals surface area (Å²) in [5.41, 5.74) is 2.50. The quantitative estimate of drug-likeness (QED) is 0.505. The molecule has 1 saturated carbocycles. The van der Waals surface area contributed by atoms with Crippen molar-refractivity contribution in [1.82, 2.24) is 19.4 Å². The molecule has 2 fully saturated rings. The van der Waals surface area contributed by atoms with Crippen LogP contribution in [0.15, 0.2) is 67.0 Å². The Bertz CT molecular complexity index is 1280. The monoisotopic (exact) mass is 530 g/mol. The summed E-state index contributed by atoms with van der Waals surface area (Å²) in [6, 6.07) is 19.5. The van der Waals surface area contributed by atoms with E-state index < -0.39 is 11.7 Å². The predicted molar refractivity (Wildman–Crippen MR) is 149 cm³/mol. The fourth-order valence-electron chi connectivity index (χ4n) is 5.71. The molecule has 2 aromatic carbocycles. The van der Waals surface area contributed by atoms with Gasteiger partial charge in [-0.15, -0.1) is 0 Å². The van der Waals surface area contributed by atoms with Crippen molar-refractivity contribution >= 4 is 12.0 Å². The van der Waals surface area contributed by atoms with Crippen LogP contribution in [-0.2, 0) is 11.2 Å². The van der Waals surface area contributed by atoms with E-state index >= 15 is 0 Å². The molecule has 1 N–H and O–H groups in total. The van der Waals surface area contributed by atoms with E-state index in [-0.39, 0.29) is 24.1 Å². The van der Waals surface area contributed by atoms with Gasteiger partial charge >= 0.3 is 6.09 Å². The van der Waals surface area contributed by atoms with E-state index in [2.05, 4.69) is 4.98 Å². The predicted octanol–water partition coefficient (Wildman–Crippen LogP) is 4.94. The Morgan fingerprint density at radius 1 is 1.00 bits per heavy atom. The number of amides is 2. The number of ether oxygens (including phenoxy) is 1. The fourth-order valence-corrected chi connectivity index (χ4v) is 5.71. The van der Waals surface area contributed by atoms with E-state index in [1.54, 1.807) is 11.2 Å². The van der Waals surface area contributed by atoms with Gasteiger partial charge in [-0.25, -0.2) is 9.78 Å². The SMILES string of the molecule is CC(C)(C)OC(=O)N1CCN(C(=O)c2ncn([C@H]3CCC[C@@H]3O)c2-c2ccccc2)[C@H](Cc2ccccc2)C1. The molecule has 2 heterocycles. The lowest BCUT2D eigenvalue weighted by Crippen LogP contribution is -2.58. The first-order chi connectivity index (χ1) is 18.7. The number of hydrogen-bond acceptors (Lipinski definition) is 5. The number of carbonyl (C=O) groups is 2. The summed E-state index contributed by atoms with van der Waals surface area (Å²) < 4.78 is 7.64. The van der Waals surface area contributed by atoms with Gasteiger partial charge in [0.2, 0.25) is 0 Å². The standard InChI is InChI=1S/C31H38N4O4/c1-31(2,3)39-30(38)33-17-18-34(24(20-33)19-22-11-6-4-7-12-22)29(37)27-28(23-13-8-5-9-14-23)35(21-32-27)25-15-10-16-26(25)36/h4-9,11-14,21,24-26,36H,10,15-20H2,1-3H3/t24-,25+,26+/m1/s1. The zero-order valence-electron chi connectivity index (χ0n) is 23.0. The molecular formula is C31H38N4O4. The van der Waals surface area contributed by atoms with Crippen LogP contribution >= 0.6 is 0 Å². The van der Waals surface area contributed by atoms with E-state index in [0.717, 1.165) is 36.1 Å². The molecule has 1 aliphatic carbocycles. The zero-order valence-corrected chi connectivity index (χ0v) is 23.0. The number of aliphatic hydroxyl groups is 1. The van der Waals surface area contributed by atoms with Crippen molar-refractivity contribution in [3.63, 3.8) is 0 Å². The third kappa shape index (κ3) is 6.01. The van der Waals surface area contributed by atoms with E-state index in [1.165, 1.54) is 0 Å². The van der Waals surface area contributed by atoms with Crippen LogP contribution in [0.5, 0.6) is 0 Å². The van der Waals surface area contributed by atoms with Gasteiger partial charge in [0.25, 0.3) is 5.91 Å². The molecule has 1 saturated heterocycles. The molecule has 1 aliphatic heterocycles. The molecule has 0 unspecified atom stereocenters. The first-order valence-corrected chi connectivity index (χ1v) is 13.8. The molecule has 1 aromatic heterocycles. The first kappa shape index (κ1) is 26.9. The second-order valence-electron chi connectivity index (χ2n) is 11.5. The summed E-state index contributed by atoms with van der Waals surface area (Å²) in [6.45, 7) is 6.70. The number of nitrogens with zero attached hydrogens (tertiary/aromatic N) is 4. The Morgan fingerprint density at radius 2 is 1.69 bits per heavy atom. The molecule has 2 aliphatic rings. The van der Waals surface area contributed by atoms with E-state index in [4.69, 9.17) is 4.74 Å². The summed E-state index contributed by atoms with van der Waals surface area (Å²) >= 11 is 0. The van der Waals surface area contributed by atoms with E-state index in [9.17, 15) is 14.7 Å². The summed E-state index contributed by atoms with van der Waals surface area (Å²) in [5.74, 6) is -0.162. The number of imidazole rings is 1. The maximum atomic E-state index is 14.3. The molecular weight excluding hydrogens is 492 g/mol. The Morgan fingerprint density at radius 3 is 2.33 bits per heavy atom. The minimum absolute atomic E-state index is 0.113. The van der Waals surface area contributed by atoms with Gasteiger partial charge in [0.1, 0.15) is 5.60 Å². The number of aromatic nitrogens is 2. The minimum atomic E-state index is -0.596. The highest BCUT2D eigenvalue weighted by molar-refractivity contribution is 5.98. The molecule has 3 atom stereocenters. The average molecular weight is 531 g/mol. The van der Waals surface area contributed by atoms with Crippen LogP contribution in [0.3, 0.4) is 0 Å². The normalized spacial score (nSPS) is 21.7. The number of carbonyl (C=O) groups excluding carboxylic acids is 2. The topological polar surface area (TPSA) is 87.9 Å². The molecule has 0 radical (unpaired) electrons. The van der Waals surface area contributed by atoms with E-state index in [0.29, 0.717) is 31.7 Å². The highest BCUT2D eigenvalue weighted by Crippen LogP contribution is 2.36. The molecule has 8 nitrogen and oxygen atoms in total. The van der Waals surface area contributed by atoms with Crippen LogP contribution in [0.4, 0.5) is 4.79 Å². The van der Waals surface area contributed by atoms with Crippen molar-refractivity contribution < 1.29 is 19.4 Å². The van der Waals surface area contributed by atoms with Crippen molar-refractivity contribution in [2.24, 2.45) is 0 Å². The zero-order chi connectivity index (χ0) is 27.6. The first-order valence-electron chi connectivity index (χ1n) is 13.8. The van der Waals surface area contributed by atoms with Gasteiger partial charge in [-0.1, -0.05) is 60.7 Å². The van der Waals surface area contributed by atoms with Gasteiger partial charge in [-0.05, 0) is 52.0 Å². The number of hydrogen-bond donors (Lipinski definition) is 1. The smallest absolute Gasteiger partial charge is 0.410 e. The second-order valence-corrected chi connectivity index (χ2v) is 11.5. The summed E-state index contributed by atoms with van der Waals surface area (Å²) in [5, 5.41) is 10.7. The third-order valence-electron chi connectivity index (χ3n) is 7.55. The Balaban J connectivity index is 1.48. The van der Waals surface area contributed by atoms with Gasteiger partial charge < -0.3 is 24.2 Å². The summed E-state index contributed by atoms with van der Waals surface area (Å²) in [4.78, 5) is 35.4. The van der Waals surface area contributed by atoms with Crippen LogP contribution in [0.2, 0.25) is 0 Å². The van der Waals surface area contributed by atoms with Gasteiger partial charge in [-0.2, -0.15) is 0 Å². The van der Waals surface area contributed by atoms with Gasteiger partial charge in [-0.3, -0.25) is 4.79 Å². The van der Waals surface area contributed by atoms with Crippen molar-refractivity contribution in [3.05, 3.63) is 78.2 Å². The largest absolute Gasteiger partial charge is 0.444 e. The van der Waals surface area contributed by atoms with Crippen molar-refractivity contribution in [3.8, 4) is 11.3 Å². The fraction of sp³-hybridized carbons (Fsp3) is 0.452. The molecule has 39 heavy (non-hydrogen) atoms. The van der Waals surface area contributed by atoms with Gasteiger partial charge in [0.15, 0.2) is 5.69 Å². The molecule has 206 valence electrons. The molecule has 0 bridgehead atoms. The highest BCUT2D eigenvalue weighted by Gasteiger charge is 2.38. The van der Waals surface area contributed by atoms with Crippen LogP contribution < -0.4 is 0 Å². The van der Waals surface area contributed by atoms with E-state index in [1.807, 2.05) is 90.9 Å². The lowest BCUT2D eigenvalue weighted by atomic mass is 10.0. The lowest BCUT2D eigenvalue weighted by molar-refractivity contribution is 0.00429. The van der Waals surface area contributed by atoms with Crippen LogP contribution in [0.25, 0.3) is 11.3 Å². The van der Waals surface area contributed by atoms with Crippen molar-refractivity contribution in [2.75, 3.05) is 19.6 Å². The van der Waals surface area contributed by atoms with Crippen LogP contribution in [0, 0.1) is 0 Å². The van der Waals surface area contributed by atoms with Crippen molar-refractivity contribution in [2.45, 2.75) is 70.2 Å². The number of rotatable bonds is 5. The summed E-state index contributed by atoms with van der Waals surface area (Å²) in [6.07, 6.45) is 4.01. The van der Waals surface area contributed by atoms with Gasteiger partial charge in [0, 0.05) is 25.2 Å². The summed E-state index contributed by atoms with van der Waals surface area (Å²) in [7, 11) is 0. The molecule has 2 amide bonds. The number of aliphatic hydroxyl groups excluding tert-OH is 1. The lowest BCUT2D eigenvalue weighted by Gasteiger charge is -2.41. The Kier molecular flexibility index (Phi) is 7.75. The number of benzene rings is 2. The van der Waals surface area contributed by atoms with Crippen LogP contribution in [-0.4, -0.2) is 73.8 Å². The van der Waals surface area contributed by atoms with Gasteiger partial charge in [0.05, 0.1) is 30.2 Å². The van der Waals surface area contributed by atoms with Crippen molar-refractivity contribution in [1.29, 1.82) is 0 Å². The Labute approximate surface area is 230 Å². The molecule has 8 heteroatoms. The number of piperazine rings is 1. The maximum Gasteiger partial charge on any atom is 0.410 e. The molecule has 3 aromatic rings. The second kappa shape index (κ2) is 11.2.